The maximum Gasteiger partial charge on any atom is 0.269 e. The first-order chi connectivity index (χ1) is 16.6. The minimum absolute atomic E-state index is 0.0410. The number of carbonyl (C=O) groups is 1. The first kappa shape index (κ1) is 22.9. The van der Waals surface area contributed by atoms with Gasteiger partial charge in [0.1, 0.15) is 4.91 Å². The van der Waals surface area contributed by atoms with E-state index in [1.165, 1.54) is 18.2 Å². The summed E-state index contributed by atoms with van der Waals surface area (Å²) in [7, 11) is 2.02. The molecule has 174 valence electrons. The van der Waals surface area contributed by atoms with Gasteiger partial charge in [0.05, 0.1) is 33.7 Å². The Hall–Kier alpha value is -2.89. The fourth-order valence-corrected chi connectivity index (χ4v) is 7.09. The quantitative estimate of drug-likeness (QED) is 0.509. The molecule has 8 heteroatoms. The molecule has 2 heterocycles. The zero-order chi connectivity index (χ0) is 23.7. The van der Waals surface area contributed by atoms with Gasteiger partial charge in [-0.3, -0.25) is 9.69 Å². The zero-order valence-electron chi connectivity index (χ0n) is 19.4. The van der Waals surface area contributed by atoms with Crippen molar-refractivity contribution in [3.05, 3.63) is 58.0 Å². The zero-order valence-corrected chi connectivity index (χ0v) is 21.0. The molecule has 6 nitrogen and oxygen atoms in total. The largest absolute Gasteiger partial charge is 0.384 e. The predicted molar refractivity (Wildman–Crippen MR) is 141 cm³/mol. The number of carbonyl (C=O) groups excluding carboxylic acids is 1. The second kappa shape index (κ2) is 9.77. The molecule has 0 bridgehead atoms. The summed E-state index contributed by atoms with van der Waals surface area (Å²) in [5.41, 5.74) is 3.24. The van der Waals surface area contributed by atoms with Gasteiger partial charge in [-0.2, -0.15) is 5.26 Å². The van der Waals surface area contributed by atoms with Gasteiger partial charge in [-0.1, -0.05) is 43.2 Å². The first-order valence-corrected chi connectivity index (χ1v) is 13.4. The Kier molecular flexibility index (Phi) is 6.57. The Morgan fingerprint density at radius 1 is 1.15 bits per heavy atom. The van der Waals surface area contributed by atoms with Gasteiger partial charge in [-0.25, -0.2) is 4.99 Å². The van der Waals surface area contributed by atoms with Gasteiger partial charge in [-0.05, 0) is 61.9 Å². The first-order valence-electron chi connectivity index (χ1n) is 11.7. The Labute approximate surface area is 209 Å². The Morgan fingerprint density at radius 2 is 1.94 bits per heavy atom. The standard InChI is InChI=1S/C26H27N5OS2/c1-3-28-19-14-13-17(16-27)15-20(19)29-26-31(18-9-5-4-6-10-18)24(32)23(34-26)25-30(2)21-11-7-8-12-22(21)33-25/h7-8,11-15,18,28H,3-6,9-10H2,1-2H3/b25-23-,29-26?. The number of thioether (sulfide) groups is 2. The molecular weight excluding hydrogens is 462 g/mol. The fraction of sp³-hybridized carbons (Fsp3) is 0.346. The van der Waals surface area contributed by atoms with Gasteiger partial charge in [0, 0.05) is 24.5 Å². The van der Waals surface area contributed by atoms with Gasteiger partial charge in [0.15, 0.2) is 5.17 Å². The predicted octanol–water partition coefficient (Wildman–Crippen LogP) is 6.30. The number of para-hydroxylation sites is 1. The molecule has 1 saturated carbocycles. The highest BCUT2D eigenvalue weighted by molar-refractivity contribution is 8.19. The van der Waals surface area contributed by atoms with E-state index in [1.807, 2.05) is 37.1 Å². The number of hydrogen-bond acceptors (Lipinski definition) is 7. The summed E-state index contributed by atoms with van der Waals surface area (Å²) < 4.78 is 0. The third kappa shape index (κ3) is 4.19. The molecule has 0 radical (unpaired) electrons. The van der Waals surface area contributed by atoms with Crippen LogP contribution in [-0.2, 0) is 4.79 Å². The summed E-state index contributed by atoms with van der Waals surface area (Å²) in [6.45, 7) is 2.78. The van der Waals surface area contributed by atoms with Crippen molar-refractivity contribution in [3.63, 3.8) is 0 Å². The Balaban J connectivity index is 1.59. The number of fused-ring (bicyclic) bond motifs is 1. The van der Waals surface area contributed by atoms with Crippen LogP contribution >= 0.6 is 23.5 Å². The molecule has 2 fully saturated rings. The molecule has 0 atom stereocenters. The second-order valence-electron chi connectivity index (χ2n) is 8.60. The van der Waals surface area contributed by atoms with E-state index >= 15 is 0 Å². The second-order valence-corrected chi connectivity index (χ2v) is 10.6. The third-order valence-electron chi connectivity index (χ3n) is 6.39. The molecule has 2 aromatic rings. The van der Waals surface area contributed by atoms with Crippen LogP contribution in [0.3, 0.4) is 0 Å². The number of benzene rings is 2. The molecule has 0 spiro atoms. The van der Waals surface area contributed by atoms with E-state index in [-0.39, 0.29) is 11.9 Å². The molecule has 1 saturated heterocycles. The lowest BCUT2D eigenvalue weighted by atomic mass is 9.94. The number of amides is 1. The van der Waals surface area contributed by atoms with E-state index in [0.29, 0.717) is 16.4 Å². The molecule has 0 aromatic heterocycles. The summed E-state index contributed by atoms with van der Waals surface area (Å²) in [6.07, 6.45) is 5.47. The lowest BCUT2D eigenvalue weighted by Gasteiger charge is -2.30. The van der Waals surface area contributed by atoms with Gasteiger partial charge >= 0.3 is 0 Å². The summed E-state index contributed by atoms with van der Waals surface area (Å²) in [5.74, 6) is 0.0410. The average molecular weight is 490 g/mol. The van der Waals surface area contributed by atoms with E-state index in [9.17, 15) is 10.1 Å². The van der Waals surface area contributed by atoms with Crippen LogP contribution in [-0.4, -0.2) is 35.6 Å². The molecule has 2 aromatic carbocycles. The van der Waals surface area contributed by atoms with Crippen molar-refractivity contribution in [3.8, 4) is 6.07 Å². The number of hydrogen-bond donors (Lipinski definition) is 1. The van der Waals surface area contributed by atoms with Gasteiger partial charge < -0.3 is 10.2 Å². The van der Waals surface area contributed by atoms with Crippen molar-refractivity contribution in [2.75, 3.05) is 23.8 Å². The summed E-state index contributed by atoms with van der Waals surface area (Å²) >= 11 is 3.11. The summed E-state index contributed by atoms with van der Waals surface area (Å²) in [5, 5.41) is 14.4. The third-order valence-corrected chi connectivity index (χ3v) is 8.80. The van der Waals surface area contributed by atoms with Crippen LogP contribution in [0.1, 0.15) is 44.6 Å². The number of amidine groups is 1. The fourth-order valence-electron chi connectivity index (χ4n) is 4.69. The molecule has 0 unspecified atom stereocenters. The number of rotatable bonds is 4. The van der Waals surface area contributed by atoms with Crippen LogP contribution < -0.4 is 10.2 Å². The van der Waals surface area contributed by atoms with E-state index in [1.54, 1.807) is 23.9 Å². The monoisotopic (exact) mass is 489 g/mol. The topological polar surface area (TPSA) is 71.7 Å². The van der Waals surface area contributed by atoms with Crippen LogP contribution in [0.4, 0.5) is 17.1 Å². The highest BCUT2D eigenvalue weighted by Gasteiger charge is 2.42. The minimum Gasteiger partial charge on any atom is -0.384 e. The van der Waals surface area contributed by atoms with Gasteiger partial charge in [0.25, 0.3) is 5.91 Å². The van der Waals surface area contributed by atoms with E-state index < -0.39 is 0 Å². The number of nitrogens with one attached hydrogen (secondary N) is 1. The van der Waals surface area contributed by atoms with Crippen molar-refractivity contribution >= 4 is 51.7 Å². The molecule has 1 amide bonds. The normalized spacial score (nSPS) is 21.8. The van der Waals surface area contributed by atoms with E-state index in [2.05, 4.69) is 28.4 Å². The molecule has 34 heavy (non-hydrogen) atoms. The van der Waals surface area contributed by atoms with Crippen molar-refractivity contribution in [2.24, 2.45) is 4.99 Å². The van der Waals surface area contributed by atoms with Crippen molar-refractivity contribution < 1.29 is 4.79 Å². The molecule has 5 rings (SSSR count). The van der Waals surface area contributed by atoms with Gasteiger partial charge in [-0.15, -0.1) is 0 Å². The number of nitrogens with zero attached hydrogens (tertiary/aromatic N) is 4. The molecular formula is C26H27N5OS2. The maximum absolute atomic E-state index is 13.9. The van der Waals surface area contributed by atoms with Crippen LogP contribution in [0, 0.1) is 11.3 Å². The van der Waals surface area contributed by atoms with Gasteiger partial charge in [0.2, 0.25) is 0 Å². The number of aliphatic imine (C=N–C) groups is 1. The van der Waals surface area contributed by atoms with Crippen molar-refractivity contribution in [2.45, 2.75) is 50.0 Å². The molecule has 1 aliphatic carbocycles. The van der Waals surface area contributed by atoms with Crippen LogP contribution in [0.5, 0.6) is 0 Å². The van der Waals surface area contributed by atoms with Crippen molar-refractivity contribution in [1.82, 2.24) is 4.90 Å². The Bertz CT molecular complexity index is 1230. The molecule has 3 aliphatic rings. The average Bonchev–Trinajstić information content (AvgIpc) is 3.37. The van der Waals surface area contributed by atoms with Crippen LogP contribution in [0.15, 0.2) is 62.3 Å². The summed E-state index contributed by atoms with van der Waals surface area (Å²) in [6, 6.07) is 16.1. The number of anilines is 2. The van der Waals surface area contributed by atoms with Crippen molar-refractivity contribution in [1.29, 1.82) is 5.26 Å². The Morgan fingerprint density at radius 3 is 2.68 bits per heavy atom. The molecule has 1 N–H and O–H groups in total. The maximum atomic E-state index is 13.9. The van der Waals surface area contributed by atoms with Crippen LogP contribution in [0.2, 0.25) is 0 Å². The lowest BCUT2D eigenvalue weighted by Crippen LogP contribution is -2.40. The molecule has 2 aliphatic heterocycles. The van der Waals surface area contributed by atoms with E-state index in [0.717, 1.165) is 58.4 Å². The SMILES string of the molecule is CCNc1ccc(C#N)cc1N=C1S/C(=C2\Sc3ccccc3N2C)C(=O)N1C1CCCCC1. The smallest absolute Gasteiger partial charge is 0.269 e. The highest BCUT2D eigenvalue weighted by Crippen LogP contribution is 2.50. The summed E-state index contributed by atoms with van der Waals surface area (Å²) in [4.78, 5) is 24.8. The highest BCUT2D eigenvalue weighted by atomic mass is 32.2. The lowest BCUT2D eigenvalue weighted by molar-refractivity contribution is -0.124. The minimum atomic E-state index is 0.0410. The van der Waals surface area contributed by atoms with Crippen LogP contribution in [0.25, 0.3) is 0 Å². The van der Waals surface area contributed by atoms with E-state index in [4.69, 9.17) is 4.99 Å². The number of nitriles is 1.